The number of aryl methyl sites for hydroxylation is 2. The van der Waals surface area contributed by atoms with Crippen molar-refractivity contribution in [2.45, 2.75) is 70.3 Å². The topological polar surface area (TPSA) is 76.6 Å². The van der Waals surface area contributed by atoms with Gasteiger partial charge >= 0.3 is 0 Å². The first-order valence-corrected chi connectivity index (χ1v) is 13.6. The summed E-state index contributed by atoms with van der Waals surface area (Å²) in [6, 6.07) is 8.28. The van der Waals surface area contributed by atoms with Crippen LogP contribution in [-0.4, -0.2) is 58.0 Å². The van der Waals surface area contributed by atoms with E-state index in [-0.39, 0.29) is 11.5 Å². The minimum Gasteiger partial charge on any atom is -0.508 e. The van der Waals surface area contributed by atoms with Crippen LogP contribution >= 0.6 is 0 Å². The zero-order chi connectivity index (χ0) is 23.9. The van der Waals surface area contributed by atoms with Crippen molar-refractivity contribution in [1.82, 2.24) is 14.8 Å². The summed E-state index contributed by atoms with van der Waals surface area (Å²) in [5.41, 5.74) is 4.93. The first kappa shape index (κ1) is 22.8. The number of carbonyl (C=O) groups excluding carboxylic acids is 1. The third-order valence-electron chi connectivity index (χ3n) is 8.80. The number of fused-ring (bicyclic) bond motifs is 2. The number of benzene rings is 1. The molecule has 4 aliphatic rings. The molecule has 2 atom stereocenters. The molecular formula is C29H37N3O3. The van der Waals surface area contributed by atoms with Crippen molar-refractivity contribution in [3.63, 3.8) is 0 Å². The summed E-state index contributed by atoms with van der Waals surface area (Å²) in [5.74, 6) is 1.58. The van der Waals surface area contributed by atoms with Crippen LogP contribution in [0.15, 0.2) is 29.1 Å². The van der Waals surface area contributed by atoms with Crippen molar-refractivity contribution in [3.05, 3.63) is 62.6 Å². The van der Waals surface area contributed by atoms with Gasteiger partial charge in [-0.3, -0.25) is 14.5 Å². The molecule has 1 saturated heterocycles. The molecule has 1 saturated carbocycles. The summed E-state index contributed by atoms with van der Waals surface area (Å²) in [4.78, 5) is 33.5. The van der Waals surface area contributed by atoms with Crippen LogP contribution in [0, 0.1) is 11.8 Å². The first-order valence-electron chi connectivity index (χ1n) is 13.6. The second kappa shape index (κ2) is 9.45. The Kier molecular flexibility index (Phi) is 6.17. The Bertz CT molecular complexity index is 1160. The number of phenols is 1. The van der Waals surface area contributed by atoms with Crippen molar-refractivity contribution < 1.29 is 9.90 Å². The smallest absolute Gasteiger partial charge is 0.261 e. The Balaban J connectivity index is 1.29. The summed E-state index contributed by atoms with van der Waals surface area (Å²) in [7, 11) is 0. The summed E-state index contributed by atoms with van der Waals surface area (Å²) >= 11 is 0. The average Bonchev–Trinajstić information content (AvgIpc) is 3.49. The maximum absolute atomic E-state index is 13.0. The zero-order valence-corrected chi connectivity index (χ0v) is 20.6. The van der Waals surface area contributed by atoms with Gasteiger partial charge in [0, 0.05) is 31.4 Å². The Hall–Kier alpha value is -2.60. The van der Waals surface area contributed by atoms with Gasteiger partial charge in [0.05, 0.1) is 0 Å². The molecule has 1 aromatic carbocycles. The number of aromatic amines is 1. The van der Waals surface area contributed by atoms with E-state index >= 15 is 0 Å². The molecule has 0 bridgehead atoms. The molecule has 2 aromatic rings. The van der Waals surface area contributed by atoms with Crippen LogP contribution in [0.25, 0.3) is 0 Å². The highest BCUT2D eigenvalue weighted by molar-refractivity contribution is 5.94. The number of nitrogens with zero attached hydrogens (tertiary/aromatic N) is 2. The number of aromatic nitrogens is 1. The number of amides is 1. The molecule has 2 fully saturated rings. The van der Waals surface area contributed by atoms with E-state index in [0.29, 0.717) is 23.3 Å². The molecule has 186 valence electrons. The molecule has 0 unspecified atom stereocenters. The Labute approximate surface area is 207 Å². The van der Waals surface area contributed by atoms with Crippen molar-refractivity contribution >= 4 is 5.91 Å². The number of aromatic hydroxyl groups is 1. The minimum atomic E-state index is -0.228. The van der Waals surface area contributed by atoms with E-state index in [9.17, 15) is 14.7 Å². The molecule has 0 radical (unpaired) electrons. The summed E-state index contributed by atoms with van der Waals surface area (Å²) in [6.45, 7) is 3.80. The first-order chi connectivity index (χ1) is 17.0. The monoisotopic (exact) mass is 475 g/mol. The predicted octanol–water partition coefficient (Wildman–Crippen LogP) is 3.69. The minimum absolute atomic E-state index is 0.108. The Morgan fingerprint density at radius 1 is 0.943 bits per heavy atom. The summed E-state index contributed by atoms with van der Waals surface area (Å²) in [6.07, 6.45) is 10.7. The maximum Gasteiger partial charge on any atom is 0.261 e. The second-order valence-electron chi connectivity index (χ2n) is 11.3. The lowest BCUT2D eigenvalue weighted by Crippen LogP contribution is -2.47. The number of phenolic OH excluding ortho intramolecular Hbond substituents is 1. The van der Waals surface area contributed by atoms with Gasteiger partial charge in [-0.15, -0.1) is 0 Å². The SMILES string of the molecule is O=C(c1cc2c([nH]c1=O)CC[C@H]([C@H]1Cc3ccc(O)cc3CCCN1CC1CC1)C2)N1CCCC1. The van der Waals surface area contributed by atoms with Crippen LogP contribution in [0.4, 0.5) is 0 Å². The number of carbonyl (C=O) groups is 1. The fraction of sp³-hybridized carbons (Fsp3) is 0.586. The van der Waals surface area contributed by atoms with Crippen LogP contribution in [0.5, 0.6) is 5.75 Å². The van der Waals surface area contributed by atoms with E-state index in [4.69, 9.17) is 0 Å². The van der Waals surface area contributed by atoms with Crippen molar-refractivity contribution in [2.24, 2.45) is 11.8 Å². The number of hydrogen-bond donors (Lipinski definition) is 2. The van der Waals surface area contributed by atoms with Gasteiger partial charge in [-0.2, -0.15) is 0 Å². The standard InChI is InChI=1S/C29H37N3O3/c33-24-9-7-21-17-27(32(18-19-5-6-19)13-3-4-20(21)15-24)22-8-10-26-23(14-22)16-25(28(34)30-26)29(35)31-11-1-2-12-31/h7,9,15-16,19,22,27,33H,1-6,8,10-14,17-18H2,(H,30,34)/t22-,27+/m0/s1. The summed E-state index contributed by atoms with van der Waals surface area (Å²) in [5, 5.41) is 10.1. The summed E-state index contributed by atoms with van der Waals surface area (Å²) < 4.78 is 0. The number of H-pyrrole nitrogens is 1. The molecule has 6 heteroatoms. The highest BCUT2D eigenvalue weighted by atomic mass is 16.3. The molecular weight excluding hydrogens is 438 g/mol. The number of pyridine rings is 1. The van der Waals surface area contributed by atoms with E-state index < -0.39 is 0 Å². The molecule has 2 N–H and O–H groups in total. The average molecular weight is 476 g/mol. The van der Waals surface area contributed by atoms with Crippen molar-refractivity contribution in [2.75, 3.05) is 26.2 Å². The van der Waals surface area contributed by atoms with Crippen LogP contribution < -0.4 is 5.56 Å². The molecule has 1 aromatic heterocycles. The lowest BCUT2D eigenvalue weighted by molar-refractivity contribution is 0.0790. The second-order valence-corrected chi connectivity index (χ2v) is 11.3. The molecule has 2 aliphatic carbocycles. The van der Waals surface area contributed by atoms with Gasteiger partial charge in [0.25, 0.3) is 11.5 Å². The Morgan fingerprint density at radius 2 is 1.77 bits per heavy atom. The molecule has 0 spiro atoms. The van der Waals surface area contributed by atoms with Crippen molar-refractivity contribution in [3.8, 4) is 5.75 Å². The van der Waals surface area contributed by atoms with Crippen molar-refractivity contribution in [1.29, 1.82) is 0 Å². The fourth-order valence-electron chi connectivity index (χ4n) is 6.67. The van der Waals surface area contributed by atoms with E-state index in [1.165, 1.54) is 30.5 Å². The lowest BCUT2D eigenvalue weighted by atomic mass is 9.77. The van der Waals surface area contributed by atoms with Crippen LogP contribution in [-0.2, 0) is 25.7 Å². The third kappa shape index (κ3) is 4.77. The van der Waals surface area contributed by atoms with Gasteiger partial charge in [-0.05, 0) is 117 Å². The van der Waals surface area contributed by atoms with Gasteiger partial charge in [0.1, 0.15) is 11.3 Å². The normalized spacial score (nSPS) is 25.0. The molecule has 2 aliphatic heterocycles. The largest absolute Gasteiger partial charge is 0.508 e. The van der Waals surface area contributed by atoms with Gasteiger partial charge in [0.15, 0.2) is 0 Å². The highest BCUT2D eigenvalue weighted by Crippen LogP contribution is 2.36. The predicted molar refractivity (Wildman–Crippen MR) is 136 cm³/mol. The number of hydrogen-bond acceptors (Lipinski definition) is 4. The molecule has 6 rings (SSSR count). The molecule has 35 heavy (non-hydrogen) atoms. The zero-order valence-electron chi connectivity index (χ0n) is 20.6. The lowest BCUT2D eigenvalue weighted by Gasteiger charge is -2.41. The van der Waals surface area contributed by atoms with E-state index in [1.807, 2.05) is 23.1 Å². The van der Waals surface area contributed by atoms with Crippen LogP contribution in [0.1, 0.15) is 71.3 Å². The van der Waals surface area contributed by atoms with E-state index in [0.717, 1.165) is 88.2 Å². The quantitative estimate of drug-likeness (QED) is 0.707. The Morgan fingerprint density at radius 3 is 2.57 bits per heavy atom. The van der Waals surface area contributed by atoms with Gasteiger partial charge in [0.2, 0.25) is 0 Å². The molecule has 3 heterocycles. The number of nitrogens with one attached hydrogen (secondary N) is 1. The molecule has 1 amide bonds. The maximum atomic E-state index is 13.0. The number of rotatable bonds is 4. The third-order valence-corrected chi connectivity index (χ3v) is 8.80. The van der Waals surface area contributed by atoms with Gasteiger partial charge in [-0.1, -0.05) is 6.07 Å². The van der Waals surface area contributed by atoms with E-state index in [2.05, 4.69) is 16.0 Å². The van der Waals surface area contributed by atoms with Crippen LogP contribution in [0.2, 0.25) is 0 Å². The fourth-order valence-corrected chi connectivity index (χ4v) is 6.67. The molecule has 6 nitrogen and oxygen atoms in total. The van der Waals surface area contributed by atoms with Crippen LogP contribution in [0.3, 0.4) is 0 Å². The van der Waals surface area contributed by atoms with E-state index in [1.54, 1.807) is 0 Å². The number of likely N-dealkylation sites (tertiary alicyclic amines) is 1. The highest BCUT2D eigenvalue weighted by Gasteiger charge is 2.36. The van der Waals surface area contributed by atoms with Gasteiger partial charge < -0.3 is 15.0 Å². The van der Waals surface area contributed by atoms with Gasteiger partial charge in [-0.25, -0.2) is 0 Å².